The van der Waals surface area contributed by atoms with Gasteiger partial charge >= 0.3 is 0 Å². The molecule has 2 nitrogen and oxygen atoms in total. The summed E-state index contributed by atoms with van der Waals surface area (Å²) < 4.78 is 6.26. The zero-order valence-corrected chi connectivity index (χ0v) is 10.6. The first-order valence-corrected chi connectivity index (χ1v) is 6.35. The molecular formula is C13H25NO. The van der Waals surface area contributed by atoms with Crippen LogP contribution in [-0.4, -0.2) is 24.3 Å². The van der Waals surface area contributed by atoms with E-state index in [4.69, 9.17) is 4.74 Å². The topological polar surface area (TPSA) is 21.3 Å². The number of nitrogens with one attached hydrogen (secondary N) is 1. The molecule has 1 aliphatic heterocycles. The molecule has 0 radical (unpaired) electrons. The van der Waals surface area contributed by atoms with Crippen LogP contribution in [0.5, 0.6) is 0 Å². The molecule has 2 fully saturated rings. The van der Waals surface area contributed by atoms with Crippen molar-refractivity contribution in [2.45, 2.75) is 71.1 Å². The molecule has 2 heteroatoms. The summed E-state index contributed by atoms with van der Waals surface area (Å²) >= 11 is 0. The smallest absolute Gasteiger partial charge is 0.0780 e. The number of ether oxygens (including phenoxy) is 1. The van der Waals surface area contributed by atoms with Crippen LogP contribution >= 0.6 is 0 Å². The fourth-order valence-electron chi connectivity index (χ4n) is 2.87. The minimum Gasteiger partial charge on any atom is -0.369 e. The van der Waals surface area contributed by atoms with Crippen LogP contribution in [0.25, 0.3) is 0 Å². The van der Waals surface area contributed by atoms with Gasteiger partial charge in [-0.05, 0) is 38.0 Å². The first-order chi connectivity index (χ1) is 6.94. The number of fused-ring (bicyclic) bond motifs is 1. The Bertz CT molecular complexity index is 239. The minimum atomic E-state index is 0.0721. The van der Waals surface area contributed by atoms with E-state index in [0.717, 1.165) is 13.0 Å². The maximum Gasteiger partial charge on any atom is 0.0780 e. The predicted octanol–water partition coefficient (Wildman–Crippen LogP) is 2.72. The van der Waals surface area contributed by atoms with Crippen molar-refractivity contribution in [1.29, 1.82) is 0 Å². The molecule has 3 atom stereocenters. The SMILES string of the molecule is CCC1(C)CNC2CC(C)(C)CCC2O1. The van der Waals surface area contributed by atoms with E-state index in [0.29, 0.717) is 17.6 Å². The van der Waals surface area contributed by atoms with Crippen molar-refractivity contribution in [3.63, 3.8) is 0 Å². The molecule has 1 N–H and O–H groups in total. The van der Waals surface area contributed by atoms with Gasteiger partial charge in [-0.1, -0.05) is 20.8 Å². The lowest BCUT2D eigenvalue weighted by Crippen LogP contribution is -2.60. The fourth-order valence-corrected chi connectivity index (χ4v) is 2.87. The molecule has 0 aromatic heterocycles. The van der Waals surface area contributed by atoms with Crippen molar-refractivity contribution in [3.05, 3.63) is 0 Å². The van der Waals surface area contributed by atoms with E-state index in [2.05, 4.69) is 33.0 Å². The highest BCUT2D eigenvalue weighted by Gasteiger charge is 2.42. The van der Waals surface area contributed by atoms with Crippen molar-refractivity contribution in [2.24, 2.45) is 5.41 Å². The summed E-state index contributed by atoms with van der Waals surface area (Å²) in [6, 6.07) is 0.591. The summed E-state index contributed by atoms with van der Waals surface area (Å²) in [5.74, 6) is 0. The highest BCUT2D eigenvalue weighted by atomic mass is 16.5. The summed E-state index contributed by atoms with van der Waals surface area (Å²) in [5, 5.41) is 3.69. The van der Waals surface area contributed by atoms with Gasteiger partial charge in [0.1, 0.15) is 0 Å². The van der Waals surface area contributed by atoms with Gasteiger partial charge in [0.15, 0.2) is 0 Å². The normalized spacial score (nSPS) is 44.8. The standard InChI is InChI=1S/C13H25NO/c1-5-13(4)9-14-10-8-12(2,3)7-6-11(10)15-13/h10-11,14H,5-9H2,1-4H3. The van der Waals surface area contributed by atoms with E-state index >= 15 is 0 Å². The van der Waals surface area contributed by atoms with Gasteiger partial charge in [0, 0.05) is 12.6 Å². The molecule has 2 rings (SSSR count). The average molecular weight is 211 g/mol. The first-order valence-electron chi connectivity index (χ1n) is 6.35. The van der Waals surface area contributed by atoms with Crippen LogP contribution in [0.4, 0.5) is 0 Å². The Kier molecular flexibility index (Phi) is 2.85. The Morgan fingerprint density at radius 2 is 2.07 bits per heavy atom. The van der Waals surface area contributed by atoms with E-state index in [1.165, 1.54) is 19.3 Å². The molecule has 88 valence electrons. The van der Waals surface area contributed by atoms with E-state index in [1.54, 1.807) is 0 Å². The second-order valence-corrected chi connectivity index (χ2v) is 6.35. The van der Waals surface area contributed by atoms with E-state index in [9.17, 15) is 0 Å². The number of hydrogen-bond donors (Lipinski definition) is 1. The second-order valence-electron chi connectivity index (χ2n) is 6.35. The van der Waals surface area contributed by atoms with Crippen LogP contribution in [0.2, 0.25) is 0 Å². The van der Waals surface area contributed by atoms with Gasteiger partial charge in [-0.15, -0.1) is 0 Å². The number of hydrogen-bond acceptors (Lipinski definition) is 2. The second kappa shape index (κ2) is 3.74. The zero-order valence-electron chi connectivity index (χ0n) is 10.6. The highest BCUT2D eigenvalue weighted by molar-refractivity contribution is 4.96. The van der Waals surface area contributed by atoms with Crippen molar-refractivity contribution in [2.75, 3.05) is 6.54 Å². The molecule has 0 aromatic carbocycles. The van der Waals surface area contributed by atoms with Gasteiger partial charge in [0.05, 0.1) is 11.7 Å². The lowest BCUT2D eigenvalue weighted by Gasteiger charge is -2.49. The van der Waals surface area contributed by atoms with Crippen LogP contribution in [0, 0.1) is 5.41 Å². The summed E-state index contributed by atoms with van der Waals surface area (Å²) in [6.07, 6.45) is 5.34. The third kappa shape index (κ3) is 2.36. The molecule has 0 bridgehead atoms. The van der Waals surface area contributed by atoms with E-state index in [-0.39, 0.29) is 5.60 Å². The van der Waals surface area contributed by atoms with Gasteiger partial charge in [0.2, 0.25) is 0 Å². The van der Waals surface area contributed by atoms with Gasteiger partial charge in [-0.3, -0.25) is 0 Å². The molecule has 15 heavy (non-hydrogen) atoms. The van der Waals surface area contributed by atoms with Crippen molar-refractivity contribution >= 4 is 0 Å². The first kappa shape index (κ1) is 11.4. The molecular weight excluding hydrogens is 186 g/mol. The van der Waals surface area contributed by atoms with Gasteiger partial charge in [0.25, 0.3) is 0 Å². The molecule has 2 aliphatic rings. The predicted molar refractivity (Wildman–Crippen MR) is 63.0 cm³/mol. The summed E-state index contributed by atoms with van der Waals surface area (Å²) in [5.41, 5.74) is 0.570. The Morgan fingerprint density at radius 1 is 1.33 bits per heavy atom. The molecule has 1 heterocycles. The Labute approximate surface area is 93.8 Å². The maximum atomic E-state index is 6.26. The van der Waals surface area contributed by atoms with Crippen LogP contribution in [0.15, 0.2) is 0 Å². The molecule has 3 unspecified atom stereocenters. The van der Waals surface area contributed by atoms with Crippen LogP contribution in [0.3, 0.4) is 0 Å². The van der Waals surface area contributed by atoms with Gasteiger partial charge in [-0.25, -0.2) is 0 Å². The van der Waals surface area contributed by atoms with Crippen LogP contribution in [-0.2, 0) is 4.74 Å². The molecule has 0 spiro atoms. The van der Waals surface area contributed by atoms with Gasteiger partial charge in [-0.2, -0.15) is 0 Å². The lowest BCUT2D eigenvalue weighted by atomic mass is 9.73. The molecule has 0 aromatic rings. The maximum absolute atomic E-state index is 6.26. The molecule has 1 aliphatic carbocycles. The van der Waals surface area contributed by atoms with E-state index in [1.807, 2.05) is 0 Å². The van der Waals surface area contributed by atoms with Crippen molar-refractivity contribution in [1.82, 2.24) is 5.32 Å². The zero-order chi connectivity index (χ0) is 11.1. The third-order valence-corrected chi connectivity index (χ3v) is 4.25. The van der Waals surface area contributed by atoms with Crippen LogP contribution in [0.1, 0.15) is 53.4 Å². The Hall–Kier alpha value is -0.0800. The molecule has 1 saturated heterocycles. The van der Waals surface area contributed by atoms with Gasteiger partial charge < -0.3 is 10.1 Å². The summed E-state index contributed by atoms with van der Waals surface area (Å²) in [4.78, 5) is 0. The average Bonchev–Trinajstić information content (AvgIpc) is 2.18. The monoisotopic (exact) mass is 211 g/mol. The van der Waals surface area contributed by atoms with Crippen molar-refractivity contribution in [3.8, 4) is 0 Å². The fraction of sp³-hybridized carbons (Fsp3) is 1.00. The minimum absolute atomic E-state index is 0.0721. The Morgan fingerprint density at radius 3 is 2.73 bits per heavy atom. The number of rotatable bonds is 1. The molecule has 0 amide bonds. The Balaban J connectivity index is 2.01. The largest absolute Gasteiger partial charge is 0.369 e. The number of morpholine rings is 1. The highest BCUT2D eigenvalue weighted by Crippen LogP contribution is 2.39. The van der Waals surface area contributed by atoms with E-state index < -0.39 is 0 Å². The summed E-state index contributed by atoms with van der Waals surface area (Å²) in [6.45, 7) is 10.2. The van der Waals surface area contributed by atoms with Crippen molar-refractivity contribution < 1.29 is 4.74 Å². The summed E-state index contributed by atoms with van der Waals surface area (Å²) in [7, 11) is 0. The quantitative estimate of drug-likeness (QED) is 0.720. The lowest BCUT2D eigenvalue weighted by molar-refractivity contribution is -0.148. The third-order valence-electron chi connectivity index (χ3n) is 4.25. The van der Waals surface area contributed by atoms with Crippen LogP contribution < -0.4 is 5.32 Å². The molecule has 1 saturated carbocycles.